The van der Waals surface area contributed by atoms with Crippen molar-refractivity contribution < 1.29 is 28.1 Å². The monoisotopic (exact) mass is 534 g/mol. The first-order valence-electron chi connectivity index (χ1n) is 12.7. The average Bonchev–Trinajstić information content (AvgIpc) is 2.99. The Morgan fingerprint density at radius 2 is 0.850 bits per heavy atom. The number of hydrogen-bond donors (Lipinski definition) is 0. The summed E-state index contributed by atoms with van der Waals surface area (Å²) in [5.41, 5.74) is 5.35. The van der Waals surface area contributed by atoms with Gasteiger partial charge in [0.05, 0.1) is 39.6 Å². The molecule has 0 bridgehead atoms. The molecule has 0 aliphatic heterocycles. The minimum atomic E-state index is 0.647. The molecule has 0 atom stereocenters. The van der Waals surface area contributed by atoms with Gasteiger partial charge in [-0.1, -0.05) is 36.1 Å². The third kappa shape index (κ3) is 6.89. The van der Waals surface area contributed by atoms with E-state index in [0.29, 0.717) is 34.1 Å². The maximum Gasteiger partial charge on any atom is 0.169 e. The highest BCUT2D eigenvalue weighted by atomic mass is 16.5. The van der Waals surface area contributed by atoms with Crippen LogP contribution in [0.25, 0.3) is 24.3 Å². The topological polar surface area (TPSA) is 44.7 Å². The molecule has 0 fully saturated rings. The van der Waals surface area contributed by atoms with Crippen molar-refractivity contribution in [3.63, 3.8) is 0 Å². The number of aromatic nitrogens is 2. The predicted octanol–water partition coefficient (Wildman–Crippen LogP) is 5.11. The van der Waals surface area contributed by atoms with Crippen LogP contribution in [0.2, 0.25) is 0 Å². The molecule has 0 aliphatic rings. The van der Waals surface area contributed by atoms with Gasteiger partial charge in [0, 0.05) is 47.5 Å². The van der Waals surface area contributed by atoms with E-state index in [1.165, 1.54) is 0 Å². The smallest absolute Gasteiger partial charge is 0.169 e. The minimum absolute atomic E-state index is 0.647. The van der Waals surface area contributed by atoms with E-state index >= 15 is 0 Å². The van der Waals surface area contributed by atoms with E-state index in [0.717, 1.165) is 22.3 Å². The third-order valence-corrected chi connectivity index (χ3v) is 6.35. The van der Waals surface area contributed by atoms with Crippen molar-refractivity contribution in [1.82, 2.24) is 0 Å². The van der Waals surface area contributed by atoms with Crippen molar-refractivity contribution >= 4 is 24.3 Å². The van der Waals surface area contributed by atoms with E-state index in [1.54, 1.807) is 28.4 Å². The molecule has 0 saturated carbocycles. The zero-order chi connectivity index (χ0) is 28.5. The lowest BCUT2D eigenvalue weighted by molar-refractivity contribution is -0.671. The number of pyridine rings is 2. The van der Waals surface area contributed by atoms with Crippen LogP contribution in [-0.4, -0.2) is 28.4 Å². The molecule has 4 rings (SSSR count). The molecule has 6 nitrogen and oxygen atoms in total. The SMILES string of the molecule is COc1cc(/C=C/c2cc[n+](C)cc2)c(OC)cc1C#Cc1cc(OC)c(/C=C/c2cc[n+](C)cc2)cc1OC. The molecule has 0 spiro atoms. The highest BCUT2D eigenvalue weighted by molar-refractivity contribution is 5.76. The first kappa shape index (κ1) is 28.0. The van der Waals surface area contributed by atoms with Crippen LogP contribution < -0.4 is 28.1 Å². The zero-order valence-corrected chi connectivity index (χ0v) is 23.8. The molecule has 202 valence electrons. The average molecular weight is 535 g/mol. The second-order valence-corrected chi connectivity index (χ2v) is 9.10. The molecule has 0 saturated heterocycles. The van der Waals surface area contributed by atoms with Crippen molar-refractivity contribution in [1.29, 1.82) is 0 Å². The number of methoxy groups -OCH3 is 4. The van der Waals surface area contributed by atoms with Gasteiger partial charge in [-0.15, -0.1) is 0 Å². The molecule has 4 aromatic rings. The van der Waals surface area contributed by atoms with Crippen molar-refractivity contribution in [2.45, 2.75) is 0 Å². The normalized spacial score (nSPS) is 10.8. The molecule has 6 heteroatoms. The summed E-state index contributed by atoms with van der Waals surface area (Å²) in [5, 5.41) is 0. The van der Waals surface area contributed by atoms with E-state index < -0.39 is 0 Å². The Kier molecular flexibility index (Phi) is 9.22. The Bertz CT molecular complexity index is 1470. The summed E-state index contributed by atoms with van der Waals surface area (Å²) in [5.74, 6) is 9.15. The maximum atomic E-state index is 5.68. The Morgan fingerprint density at radius 1 is 0.500 bits per heavy atom. The van der Waals surface area contributed by atoms with E-state index in [2.05, 4.69) is 11.8 Å². The van der Waals surface area contributed by atoms with Gasteiger partial charge in [0.1, 0.15) is 37.1 Å². The van der Waals surface area contributed by atoms with Crippen LogP contribution in [0.5, 0.6) is 23.0 Å². The quantitative estimate of drug-likeness (QED) is 0.233. The molecule has 2 aromatic heterocycles. The zero-order valence-electron chi connectivity index (χ0n) is 23.8. The van der Waals surface area contributed by atoms with E-state index in [-0.39, 0.29) is 0 Å². The van der Waals surface area contributed by atoms with Crippen molar-refractivity contribution in [3.8, 4) is 34.8 Å². The fraction of sp³-hybridized carbons (Fsp3) is 0.176. The number of ether oxygens (including phenoxy) is 4. The van der Waals surface area contributed by atoms with Crippen LogP contribution in [-0.2, 0) is 14.1 Å². The number of rotatable bonds is 8. The van der Waals surface area contributed by atoms with Gasteiger partial charge in [0.2, 0.25) is 0 Å². The molecule has 0 amide bonds. The summed E-state index contributed by atoms with van der Waals surface area (Å²) in [6.45, 7) is 0. The summed E-state index contributed by atoms with van der Waals surface area (Å²) in [6, 6.07) is 15.8. The highest BCUT2D eigenvalue weighted by Gasteiger charge is 2.11. The van der Waals surface area contributed by atoms with Crippen LogP contribution in [0.3, 0.4) is 0 Å². The van der Waals surface area contributed by atoms with Crippen LogP contribution in [0.4, 0.5) is 0 Å². The number of hydrogen-bond acceptors (Lipinski definition) is 4. The van der Waals surface area contributed by atoms with Gasteiger partial charge in [0.25, 0.3) is 0 Å². The van der Waals surface area contributed by atoms with Crippen LogP contribution >= 0.6 is 0 Å². The van der Waals surface area contributed by atoms with E-state index in [1.807, 2.05) is 121 Å². The van der Waals surface area contributed by atoms with Gasteiger partial charge >= 0.3 is 0 Å². The Hall–Kier alpha value is -5.02. The fourth-order valence-corrected chi connectivity index (χ4v) is 4.05. The summed E-state index contributed by atoms with van der Waals surface area (Å²) in [4.78, 5) is 0. The lowest BCUT2D eigenvalue weighted by Crippen LogP contribution is -2.25. The molecule has 40 heavy (non-hydrogen) atoms. The second-order valence-electron chi connectivity index (χ2n) is 9.10. The summed E-state index contributed by atoms with van der Waals surface area (Å²) < 4.78 is 26.7. The molecule has 0 N–H and O–H groups in total. The molecule has 2 aromatic carbocycles. The van der Waals surface area contributed by atoms with Crippen LogP contribution in [0.1, 0.15) is 33.4 Å². The van der Waals surface area contributed by atoms with Crippen LogP contribution in [0, 0.1) is 11.8 Å². The van der Waals surface area contributed by atoms with E-state index in [9.17, 15) is 0 Å². The molecule has 2 heterocycles. The fourth-order valence-electron chi connectivity index (χ4n) is 4.05. The van der Waals surface area contributed by atoms with E-state index in [4.69, 9.17) is 18.9 Å². The second kappa shape index (κ2) is 13.2. The van der Waals surface area contributed by atoms with Crippen molar-refractivity contribution in [2.75, 3.05) is 28.4 Å². The van der Waals surface area contributed by atoms with Gasteiger partial charge in [0.15, 0.2) is 24.8 Å². The van der Waals surface area contributed by atoms with Crippen molar-refractivity contribution in [2.24, 2.45) is 14.1 Å². The van der Waals surface area contributed by atoms with Gasteiger partial charge in [-0.25, -0.2) is 9.13 Å². The standard InChI is InChI=1S/C34H34N2O4/c1-35-17-13-25(14-18-35)7-9-27-21-33(39-5)29(23-31(27)37-3)11-12-30-24-32(38-4)28(22-34(30)40-6)10-8-26-15-19-36(2)20-16-26/h7-10,13-24H,1-6H3/q+2/b9-7+,10-8+. The first-order valence-corrected chi connectivity index (χ1v) is 12.7. The lowest BCUT2D eigenvalue weighted by Gasteiger charge is -2.11. The van der Waals surface area contributed by atoms with Crippen molar-refractivity contribution in [3.05, 3.63) is 107 Å². The van der Waals surface area contributed by atoms with Gasteiger partial charge in [-0.2, -0.15) is 0 Å². The Labute approximate surface area is 236 Å². The molecular formula is C34H34N2O4+2. The highest BCUT2D eigenvalue weighted by Crippen LogP contribution is 2.32. The third-order valence-electron chi connectivity index (χ3n) is 6.35. The summed E-state index contributed by atoms with van der Waals surface area (Å²) in [7, 11) is 10.5. The maximum absolute atomic E-state index is 5.68. The first-order chi connectivity index (χ1) is 19.4. The van der Waals surface area contributed by atoms with Gasteiger partial charge in [-0.05, 0) is 23.3 Å². The minimum Gasteiger partial charge on any atom is -0.496 e. The molecule has 0 unspecified atom stereocenters. The number of benzene rings is 2. The van der Waals surface area contributed by atoms with Crippen LogP contribution in [0.15, 0.2) is 73.3 Å². The predicted molar refractivity (Wildman–Crippen MR) is 158 cm³/mol. The summed E-state index contributed by atoms with van der Waals surface area (Å²) >= 11 is 0. The lowest BCUT2D eigenvalue weighted by atomic mass is 10.0. The molecular weight excluding hydrogens is 500 g/mol. The van der Waals surface area contributed by atoms with Gasteiger partial charge in [-0.3, -0.25) is 0 Å². The van der Waals surface area contributed by atoms with Gasteiger partial charge < -0.3 is 18.9 Å². The number of aryl methyl sites for hydroxylation is 2. The molecule has 0 radical (unpaired) electrons. The Morgan fingerprint density at radius 3 is 1.18 bits per heavy atom. The molecule has 0 aliphatic carbocycles. The Balaban J connectivity index is 1.66. The summed E-state index contributed by atoms with van der Waals surface area (Å²) in [6.07, 6.45) is 16.1. The largest absolute Gasteiger partial charge is 0.496 e. The number of nitrogens with zero attached hydrogens (tertiary/aromatic N) is 2.